The van der Waals surface area contributed by atoms with Gasteiger partial charge in [-0.2, -0.15) is 4.31 Å². The zero-order valence-corrected chi connectivity index (χ0v) is 19.4. The maximum Gasteiger partial charge on any atom is 0.243 e. The summed E-state index contributed by atoms with van der Waals surface area (Å²) >= 11 is 0. The Morgan fingerprint density at radius 2 is 1.72 bits per heavy atom. The lowest BCUT2D eigenvalue weighted by molar-refractivity contribution is -0.126. The molecule has 1 saturated heterocycles. The number of piperidine rings is 1. The number of hydrogen-bond acceptors (Lipinski definition) is 5. The first-order chi connectivity index (χ1) is 15.3. The molecule has 1 atom stereocenters. The van der Waals surface area contributed by atoms with Gasteiger partial charge in [0.15, 0.2) is 11.5 Å². The Balaban J connectivity index is 1.37. The third kappa shape index (κ3) is 4.40. The smallest absolute Gasteiger partial charge is 0.243 e. The first-order valence-electron chi connectivity index (χ1n) is 11.0. The van der Waals surface area contributed by atoms with E-state index in [1.807, 2.05) is 47.9 Å². The van der Waals surface area contributed by atoms with Gasteiger partial charge >= 0.3 is 0 Å². The zero-order valence-electron chi connectivity index (χ0n) is 18.6. The molecular weight excluding hydrogens is 426 g/mol. The van der Waals surface area contributed by atoms with E-state index in [2.05, 4.69) is 29.4 Å². The highest BCUT2D eigenvalue weighted by molar-refractivity contribution is 7.89. The summed E-state index contributed by atoms with van der Waals surface area (Å²) in [5.74, 6) is 0.702. The van der Waals surface area contributed by atoms with Crippen molar-refractivity contribution in [3.8, 4) is 0 Å². The standard InChI is InChI=1S/C23H29N5O3S/c1-16(2)18-7-9-20(10-8-18)32(30,31)27-14-11-19(12-15-27)23(29)24-17(3)22-26-25-21-6-4-5-13-28(21)22/h4-10,13,16-17,19H,11-12,14-15H2,1-3H3,(H,24,29). The molecule has 8 nitrogen and oxygen atoms in total. The van der Waals surface area contributed by atoms with E-state index in [1.165, 1.54) is 4.31 Å². The van der Waals surface area contributed by atoms with E-state index in [-0.39, 0.29) is 17.9 Å². The van der Waals surface area contributed by atoms with Gasteiger partial charge in [-0.25, -0.2) is 8.42 Å². The quantitative estimate of drug-likeness (QED) is 0.616. The molecule has 1 aliphatic rings. The minimum Gasteiger partial charge on any atom is -0.346 e. The van der Waals surface area contributed by atoms with Crippen molar-refractivity contribution in [2.24, 2.45) is 5.92 Å². The second-order valence-electron chi connectivity index (χ2n) is 8.62. The lowest BCUT2D eigenvalue weighted by atomic mass is 9.97. The molecule has 1 amide bonds. The first kappa shape index (κ1) is 22.4. The predicted molar refractivity (Wildman–Crippen MR) is 122 cm³/mol. The molecule has 9 heteroatoms. The molecule has 3 aromatic rings. The molecular formula is C23H29N5O3S. The van der Waals surface area contributed by atoms with E-state index in [9.17, 15) is 13.2 Å². The molecule has 0 bridgehead atoms. The molecule has 3 heterocycles. The van der Waals surface area contributed by atoms with Gasteiger partial charge in [-0.1, -0.05) is 32.0 Å². The molecule has 1 N–H and O–H groups in total. The number of rotatable bonds is 6. The summed E-state index contributed by atoms with van der Waals surface area (Å²) in [4.78, 5) is 13.1. The number of carbonyl (C=O) groups is 1. The van der Waals surface area contributed by atoms with E-state index < -0.39 is 10.0 Å². The molecule has 0 aliphatic carbocycles. The number of aromatic nitrogens is 3. The topological polar surface area (TPSA) is 96.7 Å². The van der Waals surface area contributed by atoms with Crippen LogP contribution < -0.4 is 5.32 Å². The Bertz CT molecular complexity index is 1200. The van der Waals surface area contributed by atoms with Gasteiger partial charge in [0.2, 0.25) is 15.9 Å². The number of carbonyl (C=O) groups excluding carboxylic acids is 1. The molecule has 1 fully saturated rings. The van der Waals surface area contributed by atoms with Crippen LogP contribution in [0, 0.1) is 5.92 Å². The fourth-order valence-electron chi connectivity index (χ4n) is 4.08. The molecule has 0 radical (unpaired) electrons. The van der Waals surface area contributed by atoms with Crippen LogP contribution in [0.3, 0.4) is 0 Å². The SMILES string of the molecule is CC(C)c1ccc(S(=O)(=O)N2CCC(C(=O)NC(C)c3nnc4ccccn34)CC2)cc1. The molecule has 1 aromatic carbocycles. The molecule has 0 saturated carbocycles. The van der Waals surface area contributed by atoms with Crippen molar-refractivity contribution in [2.75, 3.05) is 13.1 Å². The van der Waals surface area contributed by atoms with Crippen LogP contribution in [0.1, 0.15) is 57.0 Å². The molecule has 32 heavy (non-hydrogen) atoms. The molecule has 0 spiro atoms. The Morgan fingerprint density at radius 1 is 1.03 bits per heavy atom. The molecule has 1 aliphatic heterocycles. The second-order valence-corrected chi connectivity index (χ2v) is 10.6. The highest BCUT2D eigenvalue weighted by Crippen LogP contribution is 2.26. The van der Waals surface area contributed by atoms with Crippen LogP contribution in [0.15, 0.2) is 53.6 Å². The molecule has 4 rings (SSSR count). The van der Waals surface area contributed by atoms with Gasteiger partial charge in [0.05, 0.1) is 10.9 Å². The highest BCUT2D eigenvalue weighted by Gasteiger charge is 2.32. The van der Waals surface area contributed by atoms with Crippen molar-refractivity contribution in [1.82, 2.24) is 24.2 Å². The van der Waals surface area contributed by atoms with Gasteiger partial charge < -0.3 is 5.32 Å². The second kappa shape index (κ2) is 8.99. The van der Waals surface area contributed by atoms with Crippen LogP contribution in [0.5, 0.6) is 0 Å². The Kier molecular flexibility index (Phi) is 6.30. The molecule has 2 aromatic heterocycles. The van der Waals surface area contributed by atoms with E-state index in [1.54, 1.807) is 12.1 Å². The number of nitrogens with one attached hydrogen (secondary N) is 1. The Hall–Kier alpha value is -2.78. The van der Waals surface area contributed by atoms with Crippen molar-refractivity contribution in [2.45, 2.75) is 50.5 Å². The normalized spacial score (nSPS) is 17.0. The van der Waals surface area contributed by atoms with Crippen LogP contribution >= 0.6 is 0 Å². The fourth-order valence-corrected chi connectivity index (χ4v) is 5.55. The number of nitrogens with zero attached hydrogens (tertiary/aromatic N) is 4. The summed E-state index contributed by atoms with van der Waals surface area (Å²) in [6.07, 6.45) is 2.84. The average molecular weight is 456 g/mol. The van der Waals surface area contributed by atoms with Crippen molar-refractivity contribution in [1.29, 1.82) is 0 Å². The van der Waals surface area contributed by atoms with Crippen molar-refractivity contribution in [3.63, 3.8) is 0 Å². The average Bonchev–Trinajstić information content (AvgIpc) is 3.23. The minimum absolute atomic E-state index is 0.0801. The van der Waals surface area contributed by atoms with Gasteiger partial charge in [0.25, 0.3) is 0 Å². The molecule has 170 valence electrons. The fraction of sp³-hybridized carbons (Fsp3) is 0.435. The lowest BCUT2D eigenvalue weighted by Crippen LogP contribution is -2.43. The number of pyridine rings is 1. The van der Waals surface area contributed by atoms with E-state index in [4.69, 9.17) is 0 Å². The van der Waals surface area contributed by atoms with Crippen LogP contribution in [-0.2, 0) is 14.8 Å². The maximum atomic E-state index is 13.0. The monoisotopic (exact) mass is 455 g/mol. The van der Waals surface area contributed by atoms with Gasteiger partial charge in [-0.05, 0) is 55.5 Å². The minimum atomic E-state index is -3.56. The maximum absolute atomic E-state index is 13.0. The Labute approximate surface area is 188 Å². The summed E-state index contributed by atoms with van der Waals surface area (Å²) in [5, 5.41) is 11.3. The zero-order chi connectivity index (χ0) is 22.9. The van der Waals surface area contributed by atoms with Crippen LogP contribution in [0.2, 0.25) is 0 Å². The highest BCUT2D eigenvalue weighted by atomic mass is 32.2. The van der Waals surface area contributed by atoms with Gasteiger partial charge in [0.1, 0.15) is 0 Å². The van der Waals surface area contributed by atoms with Crippen LogP contribution in [-0.4, -0.2) is 46.3 Å². The van der Waals surface area contributed by atoms with Gasteiger partial charge in [0, 0.05) is 25.2 Å². The number of fused-ring (bicyclic) bond motifs is 1. The summed E-state index contributed by atoms with van der Waals surface area (Å²) in [6, 6.07) is 12.4. The molecule has 1 unspecified atom stereocenters. The van der Waals surface area contributed by atoms with Gasteiger partial charge in [-0.15, -0.1) is 10.2 Å². The van der Waals surface area contributed by atoms with E-state index >= 15 is 0 Å². The summed E-state index contributed by atoms with van der Waals surface area (Å²) in [7, 11) is -3.56. The number of benzene rings is 1. The van der Waals surface area contributed by atoms with Crippen molar-refractivity contribution >= 4 is 21.6 Å². The largest absolute Gasteiger partial charge is 0.346 e. The third-order valence-electron chi connectivity index (χ3n) is 6.10. The van der Waals surface area contributed by atoms with Crippen LogP contribution in [0.4, 0.5) is 0 Å². The third-order valence-corrected chi connectivity index (χ3v) is 8.01. The van der Waals surface area contributed by atoms with Gasteiger partial charge in [-0.3, -0.25) is 9.20 Å². The van der Waals surface area contributed by atoms with E-state index in [0.717, 1.165) is 11.2 Å². The van der Waals surface area contributed by atoms with Crippen LogP contribution in [0.25, 0.3) is 5.65 Å². The van der Waals surface area contributed by atoms with Crippen molar-refractivity contribution < 1.29 is 13.2 Å². The Morgan fingerprint density at radius 3 is 2.38 bits per heavy atom. The summed E-state index contributed by atoms with van der Waals surface area (Å²) < 4.78 is 29.4. The van der Waals surface area contributed by atoms with Crippen molar-refractivity contribution in [3.05, 3.63) is 60.0 Å². The number of sulfonamides is 1. The van der Waals surface area contributed by atoms with E-state index in [0.29, 0.717) is 42.6 Å². The first-order valence-corrected chi connectivity index (χ1v) is 12.4. The lowest BCUT2D eigenvalue weighted by Gasteiger charge is -2.31. The summed E-state index contributed by atoms with van der Waals surface area (Å²) in [5.41, 5.74) is 1.83. The number of hydrogen-bond donors (Lipinski definition) is 1. The summed E-state index contributed by atoms with van der Waals surface area (Å²) in [6.45, 7) is 6.68. The predicted octanol–water partition coefficient (Wildman–Crippen LogP) is 3.13. The number of amides is 1.